The molecule has 4 heteroatoms. The number of rotatable bonds is 4. The topological polar surface area (TPSA) is 12.0 Å². The summed E-state index contributed by atoms with van der Waals surface area (Å²) in [6.07, 6.45) is 2.75. The van der Waals surface area contributed by atoms with E-state index in [1.165, 1.54) is 26.0 Å². The number of hydrogen-bond donors (Lipinski definition) is 1. The maximum Gasteiger partial charge on any atom is 0.0758 e. The van der Waals surface area contributed by atoms with E-state index >= 15 is 0 Å². The Morgan fingerprint density at radius 3 is 2.71 bits per heavy atom. The van der Waals surface area contributed by atoms with Gasteiger partial charge in [-0.15, -0.1) is 11.3 Å². The van der Waals surface area contributed by atoms with E-state index in [0.717, 1.165) is 12.5 Å². The van der Waals surface area contributed by atoms with Gasteiger partial charge in [-0.1, -0.05) is 6.92 Å². The Balaban J connectivity index is 2.20. The minimum absolute atomic E-state index is 0.553. The van der Waals surface area contributed by atoms with Gasteiger partial charge in [-0.2, -0.15) is 0 Å². The molecule has 0 radical (unpaired) electrons. The van der Waals surface area contributed by atoms with Crippen LogP contribution in [0.2, 0.25) is 0 Å². The molecule has 0 amide bonds. The van der Waals surface area contributed by atoms with Crippen molar-refractivity contribution in [3.05, 3.63) is 19.2 Å². The number of halogens is 2. The Labute approximate surface area is 106 Å². The third kappa shape index (κ3) is 2.40. The molecule has 1 unspecified atom stereocenters. The molecule has 0 aliphatic heterocycles. The average molecular weight is 339 g/mol. The molecule has 14 heavy (non-hydrogen) atoms. The summed E-state index contributed by atoms with van der Waals surface area (Å²) in [6, 6.07) is 2.79. The van der Waals surface area contributed by atoms with E-state index in [-0.39, 0.29) is 0 Å². The van der Waals surface area contributed by atoms with E-state index in [4.69, 9.17) is 0 Å². The summed E-state index contributed by atoms with van der Waals surface area (Å²) in [5.74, 6) is 0.854. The summed E-state index contributed by atoms with van der Waals surface area (Å²) in [5.41, 5.74) is 1.42. The lowest BCUT2D eigenvalue weighted by Crippen LogP contribution is -2.22. The SMILES string of the molecule is CCNC(c1cc(Br)sc1Br)C1CC1. The van der Waals surface area contributed by atoms with Gasteiger partial charge in [0, 0.05) is 6.04 Å². The van der Waals surface area contributed by atoms with Gasteiger partial charge in [-0.05, 0) is 68.8 Å². The molecule has 2 rings (SSSR count). The van der Waals surface area contributed by atoms with E-state index in [9.17, 15) is 0 Å². The standard InChI is InChI=1S/C10H13Br2NS/c1-2-13-9(6-3-4-6)7-5-8(11)14-10(7)12/h5-6,9,13H,2-4H2,1H3. The van der Waals surface area contributed by atoms with Crippen LogP contribution < -0.4 is 5.32 Å². The van der Waals surface area contributed by atoms with Gasteiger partial charge >= 0.3 is 0 Å². The zero-order valence-electron chi connectivity index (χ0n) is 8.02. The fraction of sp³-hybridized carbons (Fsp3) is 0.600. The van der Waals surface area contributed by atoms with Crippen LogP contribution in [0.1, 0.15) is 31.4 Å². The molecule has 0 aromatic carbocycles. The highest BCUT2D eigenvalue weighted by molar-refractivity contribution is 9.12. The number of nitrogens with one attached hydrogen (secondary N) is 1. The van der Waals surface area contributed by atoms with Crippen LogP contribution in [0.3, 0.4) is 0 Å². The number of thiophene rings is 1. The van der Waals surface area contributed by atoms with Crippen molar-refractivity contribution < 1.29 is 0 Å². The molecule has 1 aliphatic carbocycles. The molecule has 1 fully saturated rings. The molecule has 1 aliphatic rings. The highest BCUT2D eigenvalue weighted by atomic mass is 79.9. The average Bonchev–Trinajstić information content (AvgIpc) is 2.89. The van der Waals surface area contributed by atoms with Gasteiger partial charge in [-0.25, -0.2) is 0 Å². The summed E-state index contributed by atoms with van der Waals surface area (Å²) in [5, 5.41) is 3.57. The molecule has 1 nitrogen and oxygen atoms in total. The van der Waals surface area contributed by atoms with Crippen LogP contribution in [0.15, 0.2) is 13.6 Å². The summed E-state index contributed by atoms with van der Waals surface area (Å²) in [4.78, 5) is 0. The normalized spacial score (nSPS) is 18.5. The fourth-order valence-corrected chi connectivity index (χ4v) is 4.67. The largest absolute Gasteiger partial charge is 0.310 e. The van der Waals surface area contributed by atoms with Gasteiger partial charge in [0.1, 0.15) is 0 Å². The summed E-state index contributed by atoms with van der Waals surface area (Å²) >= 11 is 8.93. The van der Waals surface area contributed by atoms with Gasteiger partial charge in [0.05, 0.1) is 7.57 Å². The van der Waals surface area contributed by atoms with Crippen molar-refractivity contribution in [3.8, 4) is 0 Å². The summed E-state index contributed by atoms with van der Waals surface area (Å²) < 4.78 is 2.48. The molecule has 0 spiro atoms. The van der Waals surface area contributed by atoms with Gasteiger partial charge in [0.25, 0.3) is 0 Å². The Bertz CT molecular complexity index is 320. The van der Waals surface area contributed by atoms with Crippen molar-refractivity contribution in [2.45, 2.75) is 25.8 Å². The van der Waals surface area contributed by atoms with Crippen molar-refractivity contribution in [2.24, 2.45) is 5.92 Å². The van der Waals surface area contributed by atoms with E-state index in [2.05, 4.69) is 50.2 Å². The van der Waals surface area contributed by atoms with Crippen LogP contribution in [-0.2, 0) is 0 Å². The quantitative estimate of drug-likeness (QED) is 0.861. The van der Waals surface area contributed by atoms with Crippen LogP contribution >= 0.6 is 43.2 Å². The Morgan fingerprint density at radius 1 is 1.57 bits per heavy atom. The van der Waals surface area contributed by atoms with Gasteiger partial charge in [-0.3, -0.25) is 0 Å². The van der Waals surface area contributed by atoms with Gasteiger partial charge in [0.2, 0.25) is 0 Å². The lowest BCUT2D eigenvalue weighted by atomic mass is 10.1. The fourth-order valence-electron chi connectivity index (χ4n) is 1.75. The zero-order chi connectivity index (χ0) is 10.1. The van der Waals surface area contributed by atoms with Gasteiger partial charge in [0.15, 0.2) is 0 Å². The molecule has 0 bridgehead atoms. The molecular formula is C10H13Br2NS. The Hall–Kier alpha value is 0.620. The second-order valence-corrected chi connectivity index (χ2v) is 7.40. The van der Waals surface area contributed by atoms with Crippen LogP contribution in [0, 0.1) is 5.92 Å². The van der Waals surface area contributed by atoms with Crippen LogP contribution in [0.5, 0.6) is 0 Å². The van der Waals surface area contributed by atoms with E-state index in [0.29, 0.717) is 6.04 Å². The lowest BCUT2D eigenvalue weighted by molar-refractivity contribution is 0.496. The molecule has 1 heterocycles. The van der Waals surface area contributed by atoms with Crippen molar-refractivity contribution in [2.75, 3.05) is 6.54 Å². The molecular weight excluding hydrogens is 326 g/mol. The first-order valence-electron chi connectivity index (χ1n) is 4.90. The molecule has 1 N–H and O–H groups in total. The minimum Gasteiger partial charge on any atom is -0.310 e. The smallest absolute Gasteiger partial charge is 0.0758 e. The van der Waals surface area contributed by atoms with Crippen LogP contribution in [0.4, 0.5) is 0 Å². The predicted molar refractivity (Wildman–Crippen MR) is 68.9 cm³/mol. The lowest BCUT2D eigenvalue weighted by Gasteiger charge is -2.16. The summed E-state index contributed by atoms with van der Waals surface area (Å²) in [7, 11) is 0. The molecule has 1 aromatic rings. The Morgan fingerprint density at radius 2 is 2.29 bits per heavy atom. The highest BCUT2D eigenvalue weighted by Gasteiger charge is 2.33. The second-order valence-electron chi connectivity index (χ2n) is 3.65. The molecule has 1 saturated carbocycles. The van der Waals surface area contributed by atoms with Crippen molar-refractivity contribution in [1.82, 2.24) is 5.32 Å². The first kappa shape index (κ1) is 11.1. The minimum atomic E-state index is 0.553. The predicted octanol–water partition coefficient (Wildman–Crippen LogP) is 4.33. The molecule has 1 aromatic heterocycles. The first-order valence-corrected chi connectivity index (χ1v) is 7.30. The van der Waals surface area contributed by atoms with Crippen molar-refractivity contribution >= 4 is 43.2 Å². The zero-order valence-corrected chi connectivity index (χ0v) is 12.0. The highest BCUT2D eigenvalue weighted by Crippen LogP contribution is 2.45. The van der Waals surface area contributed by atoms with E-state index in [1.54, 1.807) is 11.3 Å². The third-order valence-corrected chi connectivity index (χ3v) is 4.92. The number of hydrogen-bond acceptors (Lipinski definition) is 2. The van der Waals surface area contributed by atoms with Crippen LogP contribution in [-0.4, -0.2) is 6.54 Å². The Kier molecular flexibility index (Phi) is 3.68. The molecule has 0 saturated heterocycles. The van der Waals surface area contributed by atoms with Gasteiger partial charge < -0.3 is 5.32 Å². The summed E-state index contributed by atoms with van der Waals surface area (Å²) in [6.45, 7) is 3.21. The van der Waals surface area contributed by atoms with Crippen LogP contribution in [0.25, 0.3) is 0 Å². The third-order valence-electron chi connectivity index (χ3n) is 2.54. The maximum atomic E-state index is 3.63. The van der Waals surface area contributed by atoms with Crippen molar-refractivity contribution in [3.63, 3.8) is 0 Å². The van der Waals surface area contributed by atoms with E-state index in [1.807, 2.05) is 0 Å². The first-order chi connectivity index (χ1) is 6.72. The molecule has 1 atom stereocenters. The monoisotopic (exact) mass is 337 g/mol. The van der Waals surface area contributed by atoms with Crippen molar-refractivity contribution in [1.29, 1.82) is 0 Å². The maximum absolute atomic E-state index is 3.63. The second kappa shape index (κ2) is 4.64. The molecule has 78 valence electrons. The van der Waals surface area contributed by atoms with E-state index < -0.39 is 0 Å².